The molecule has 0 aliphatic rings. The van der Waals surface area contributed by atoms with Gasteiger partial charge in [-0.05, 0) is 77.2 Å². The quantitative estimate of drug-likeness (QED) is 0.212. The largest absolute Gasteiger partial charge is 0.0610 e. The molecule has 0 aliphatic carbocycles. The molecule has 0 N–H and O–H groups in total. The summed E-state index contributed by atoms with van der Waals surface area (Å²) in [5.41, 5.74) is 10.0. The van der Waals surface area contributed by atoms with Gasteiger partial charge in [0.1, 0.15) is 0 Å². The molecular weight excluding hydrogens is 432 g/mol. The molecule has 0 aromatic heterocycles. The van der Waals surface area contributed by atoms with Crippen molar-refractivity contribution >= 4 is 54.6 Å². The summed E-state index contributed by atoms with van der Waals surface area (Å²) in [7, 11) is 0. The summed E-state index contributed by atoms with van der Waals surface area (Å²) in [6.07, 6.45) is 0. The third-order valence-corrected chi connectivity index (χ3v) is 7.52. The second-order valence-corrected chi connectivity index (χ2v) is 12.2. The first-order valence-corrected chi connectivity index (χ1v) is 12.9. The van der Waals surface area contributed by atoms with E-state index in [1.54, 1.807) is 0 Å². The Kier molecular flexibility index (Phi) is 4.93. The van der Waals surface area contributed by atoms with Crippen molar-refractivity contribution in [2.24, 2.45) is 0 Å². The Morgan fingerprint density at radius 3 is 1.17 bits per heavy atom. The van der Waals surface area contributed by atoms with Gasteiger partial charge in [0.05, 0.1) is 0 Å². The van der Waals surface area contributed by atoms with E-state index in [-0.39, 0.29) is 10.8 Å². The Balaban J connectivity index is 1.68. The molecule has 0 atom stereocenters. The van der Waals surface area contributed by atoms with Gasteiger partial charge in [-0.3, -0.25) is 0 Å². The fraction of sp³-hybridized carbons (Fsp3) is 0.222. The molecule has 0 spiro atoms. The van der Waals surface area contributed by atoms with Gasteiger partial charge in [0.15, 0.2) is 0 Å². The number of hydrogen-bond donors (Lipinski definition) is 0. The standard InChI is InChI=1S/C36H32/c1-35(2,3)29-19-25-9-7-11-31-23(15-17-27(21-29)33(25)31)13-14-24-16-18-28-22-30(36(4,5)6)20-26-10-8-12-32(24)34(26)28/h7-12,15-22H,1-6H3. The Labute approximate surface area is 213 Å². The van der Waals surface area contributed by atoms with E-state index < -0.39 is 0 Å². The third-order valence-electron chi connectivity index (χ3n) is 7.52. The molecule has 0 bridgehead atoms. The zero-order valence-electron chi connectivity index (χ0n) is 22.1. The number of rotatable bonds is 0. The average Bonchev–Trinajstić information content (AvgIpc) is 2.83. The summed E-state index contributed by atoms with van der Waals surface area (Å²) in [5, 5.41) is 12.4. The van der Waals surface area contributed by atoms with Gasteiger partial charge in [-0.15, -0.1) is 0 Å². The smallest absolute Gasteiger partial charge is 0.0328 e. The molecule has 0 aliphatic heterocycles. The van der Waals surface area contributed by atoms with Crippen molar-refractivity contribution in [3.05, 3.63) is 106 Å². The molecular formula is C36H32. The normalized spacial score (nSPS) is 12.5. The van der Waals surface area contributed by atoms with E-state index in [9.17, 15) is 0 Å². The average molecular weight is 465 g/mol. The van der Waals surface area contributed by atoms with Crippen LogP contribution in [0.15, 0.2) is 84.9 Å². The van der Waals surface area contributed by atoms with Crippen LogP contribution in [0.5, 0.6) is 0 Å². The molecule has 6 rings (SSSR count). The van der Waals surface area contributed by atoms with Crippen LogP contribution < -0.4 is 10.4 Å². The van der Waals surface area contributed by atoms with Crippen molar-refractivity contribution in [2.45, 2.75) is 52.4 Å². The van der Waals surface area contributed by atoms with E-state index in [1.807, 2.05) is 0 Å². The maximum atomic E-state index is 3.54. The van der Waals surface area contributed by atoms with E-state index in [0.29, 0.717) is 0 Å². The molecule has 0 radical (unpaired) electrons. The molecule has 36 heavy (non-hydrogen) atoms. The predicted molar refractivity (Wildman–Crippen MR) is 158 cm³/mol. The zero-order chi connectivity index (χ0) is 25.2. The van der Waals surface area contributed by atoms with Crippen molar-refractivity contribution in [1.82, 2.24) is 0 Å². The van der Waals surface area contributed by atoms with Crippen molar-refractivity contribution in [2.75, 3.05) is 0 Å². The first-order chi connectivity index (χ1) is 17.1. The van der Waals surface area contributed by atoms with Gasteiger partial charge in [0, 0.05) is 10.4 Å². The summed E-state index contributed by atoms with van der Waals surface area (Å²) in [5.74, 6) is 0. The fourth-order valence-corrected chi connectivity index (χ4v) is 5.38. The molecule has 0 saturated heterocycles. The van der Waals surface area contributed by atoms with Crippen LogP contribution in [-0.4, -0.2) is 0 Å². The second-order valence-electron chi connectivity index (χ2n) is 12.2. The second kappa shape index (κ2) is 7.84. The van der Waals surface area contributed by atoms with E-state index in [4.69, 9.17) is 0 Å². The van der Waals surface area contributed by atoms with Gasteiger partial charge in [-0.2, -0.15) is 0 Å². The summed E-state index contributed by atoms with van der Waals surface area (Å²) < 4.78 is 0. The lowest BCUT2D eigenvalue weighted by molar-refractivity contribution is 0.591. The maximum Gasteiger partial charge on any atom is 0.0328 e. The summed E-state index contributed by atoms with van der Waals surface area (Å²) in [6, 6.07) is 31.4. The minimum absolute atomic E-state index is 0.118. The molecule has 6 aromatic rings. The van der Waals surface area contributed by atoms with Gasteiger partial charge >= 0.3 is 0 Å². The molecule has 0 nitrogen and oxygen atoms in total. The number of hydrogen-bond acceptors (Lipinski definition) is 0. The Morgan fingerprint density at radius 1 is 0.444 bits per heavy atom. The topological polar surface area (TPSA) is 0 Å². The first kappa shape index (κ1) is 22.6. The van der Waals surface area contributed by atoms with E-state index >= 15 is 0 Å². The van der Waals surface area contributed by atoms with Crippen molar-refractivity contribution in [3.63, 3.8) is 0 Å². The Morgan fingerprint density at radius 2 is 0.806 bits per heavy atom. The Bertz CT molecular complexity index is 1780. The summed E-state index contributed by atoms with van der Waals surface area (Å²) in [4.78, 5) is 0. The maximum absolute atomic E-state index is 3.54. The molecule has 0 fully saturated rings. The lowest BCUT2D eigenvalue weighted by atomic mass is 9.84. The third kappa shape index (κ3) is 3.71. The minimum Gasteiger partial charge on any atom is -0.0610 e. The molecule has 6 aromatic carbocycles. The van der Waals surface area contributed by atoms with Crippen molar-refractivity contribution < 1.29 is 0 Å². The van der Waals surface area contributed by atoms with Crippen molar-refractivity contribution in [1.29, 1.82) is 0 Å². The molecule has 0 heteroatoms. The van der Waals surface area contributed by atoms with Crippen LogP contribution in [0.4, 0.5) is 0 Å². The summed E-state index contributed by atoms with van der Waals surface area (Å²) >= 11 is 0. The van der Waals surface area contributed by atoms with Gasteiger partial charge in [0.2, 0.25) is 0 Å². The van der Waals surface area contributed by atoms with Crippen LogP contribution in [0.3, 0.4) is 0 Å². The van der Waals surface area contributed by atoms with Crippen LogP contribution in [0, 0.1) is 0 Å². The van der Waals surface area contributed by atoms with Crippen LogP contribution in [0.25, 0.3) is 54.6 Å². The van der Waals surface area contributed by atoms with Crippen LogP contribution in [0.2, 0.25) is 0 Å². The highest BCUT2D eigenvalue weighted by Crippen LogP contribution is 2.33. The predicted octanol–water partition coefficient (Wildman–Crippen LogP) is 8.35. The van der Waals surface area contributed by atoms with E-state index in [2.05, 4.69) is 138 Å². The van der Waals surface area contributed by atoms with Crippen LogP contribution in [-0.2, 0) is 10.8 Å². The monoisotopic (exact) mass is 464 g/mol. The minimum atomic E-state index is 0.118. The van der Waals surface area contributed by atoms with Crippen molar-refractivity contribution in [3.8, 4) is 0 Å². The van der Waals surface area contributed by atoms with E-state index in [0.717, 1.165) is 10.4 Å². The van der Waals surface area contributed by atoms with Crippen LogP contribution >= 0.6 is 0 Å². The molecule has 176 valence electrons. The molecule has 0 amide bonds. The fourth-order valence-electron chi connectivity index (χ4n) is 5.38. The van der Waals surface area contributed by atoms with Gasteiger partial charge in [-0.1, -0.05) is 126 Å². The zero-order valence-corrected chi connectivity index (χ0v) is 22.1. The van der Waals surface area contributed by atoms with Gasteiger partial charge in [-0.25, -0.2) is 0 Å². The Hall–Kier alpha value is -3.82. The first-order valence-electron chi connectivity index (χ1n) is 12.9. The molecule has 0 unspecified atom stereocenters. The lowest BCUT2D eigenvalue weighted by Crippen LogP contribution is -2.11. The summed E-state index contributed by atoms with van der Waals surface area (Å²) in [6.45, 7) is 13.7. The highest BCUT2D eigenvalue weighted by Gasteiger charge is 2.17. The number of benzene rings is 6. The van der Waals surface area contributed by atoms with Crippen LogP contribution in [0.1, 0.15) is 52.7 Å². The molecule has 0 heterocycles. The highest BCUT2D eigenvalue weighted by molar-refractivity contribution is 6.12. The van der Waals surface area contributed by atoms with Gasteiger partial charge in [0.25, 0.3) is 0 Å². The van der Waals surface area contributed by atoms with Gasteiger partial charge < -0.3 is 0 Å². The molecule has 0 saturated carbocycles. The lowest BCUT2D eigenvalue weighted by Gasteiger charge is -2.21. The SMILES string of the molecule is CC(C)(C)c1cc2cccc3c(=C=C=c4ccc5cc(C(C)(C)C)cc6cccc4c65)ccc(c1)c23. The van der Waals surface area contributed by atoms with E-state index in [1.165, 1.54) is 54.2 Å². The highest BCUT2D eigenvalue weighted by atomic mass is 14.2.